The maximum Gasteiger partial charge on any atom is 0.169 e. The Morgan fingerprint density at radius 3 is 2.63 bits per heavy atom. The monoisotopic (exact) mass is 333 g/mol. The lowest BCUT2D eigenvalue weighted by atomic mass is 9.96. The Balaban J connectivity index is 1.76. The molecule has 0 unspecified atom stereocenters. The third-order valence-electron chi connectivity index (χ3n) is 3.35. The fourth-order valence-electron chi connectivity index (χ4n) is 2.39. The minimum absolute atomic E-state index is 0.0758. The SMILES string of the molecule is Fc1cc(F)c(OCCNC2CCCCC2)c(Br)c1. The van der Waals surface area contributed by atoms with Gasteiger partial charge in [0.05, 0.1) is 4.47 Å². The van der Waals surface area contributed by atoms with Crippen molar-refractivity contribution in [2.45, 2.75) is 38.1 Å². The van der Waals surface area contributed by atoms with Crippen LogP contribution in [0.25, 0.3) is 0 Å². The summed E-state index contributed by atoms with van der Waals surface area (Å²) in [6, 6.07) is 2.58. The van der Waals surface area contributed by atoms with Crippen LogP contribution in [0.3, 0.4) is 0 Å². The molecule has 0 heterocycles. The average molecular weight is 334 g/mol. The molecule has 1 saturated carbocycles. The Kier molecular flexibility index (Phi) is 5.58. The Morgan fingerprint density at radius 2 is 1.95 bits per heavy atom. The lowest BCUT2D eigenvalue weighted by molar-refractivity contribution is 0.277. The first-order valence-electron chi connectivity index (χ1n) is 6.67. The molecule has 5 heteroatoms. The van der Waals surface area contributed by atoms with Gasteiger partial charge in [-0.15, -0.1) is 0 Å². The standard InChI is InChI=1S/C14H18BrF2NO/c15-12-8-10(16)9-13(17)14(12)19-7-6-18-11-4-2-1-3-5-11/h8-9,11,18H,1-7H2. The van der Waals surface area contributed by atoms with Crippen molar-refractivity contribution in [2.75, 3.05) is 13.2 Å². The van der Waals surface area contributed by atoms with Gasteiger partial charge in [-0.25, -0.2) is 8.78 Å². The number of nitrogens with one attached hydrogen (secondary N) is 1. The molecule has 0 aromatic heterocycles. The van der Waals surface area contributed by atoms with Crippen LogP contribution in [-0.2, 0) is 0 Å². The van der Waals surface area contributed by atoms with E-state index in [-0.39, 0.29) is 5.75 Å². The summed E-state index contributed by atoms with van der Waals surface area (Å²) in [5.41, 5.74) is 0. The van der Waals surface area contributed by atoms with Crippen molar-refractivity contribution in [1.82, 2.24) is 5.32 Å². The minimum atomic E-state index is -0.676. The van der Waals surface area contributed by atoms with E-state index in [0.717, 1.165) is 6.07 Å². The van der Waals surface area contributed by atoms with Crippen LogP contribution < -0.4 is 10.1 Å². The van der Waals surface area contributed by atoms with Crippen molar-refractivity contribution >= 4 is 15.9 Å². The van der Waals surface area contributed by atoms with Gasteiger partial charge >= 0.3 is 0 Å². The molecule has 2 rings (SSSR count). The third kappa shape index (κ3) is 4.42. The van der Waals surface area contributed by atoms with Gasteiger partial charge in [-0.2, -0.15) is 0 Å². The van der Waals surface area contributed by atoms with Crippen LogP contribution in [0.2, 0.25) is 0 Å². The van der Waals surface area contributed by atoms with Crippen LogP contribution in [-0.4, -0.2) is 19.2 Å². The summed E-state index contributed by atoms with van der Waals surface area (Å²) in [7, 11) is 0. The summed E-state index contributed by atoms with van der Waals surface area (Å²) in [5.74, 6) is -1.21. The predicted octanol–water partition coefficient (Wildman–Crippen LogP) is 4.03. The lowest BCUT2D eigenvalue weighted by Crippen LogP contribution is -2.34. The molecular weight excluding hydrogens is 316 g/mol. The van der Waals surface area contributed by atoms with Crippen molar-refractivity contribution in [2.24, 2.45) is 0 Å². The largest absolute Gasteiger partial charge is 0.488 e. The molecular formula is C14H18BrF2NO. The summed E-state index contributed by atoms with van der Waals surface area (Å²) in [6.45, 7) is 1.05. The van der Waals surface area contributed by atoms with E-state index >= 15 is 0 Å². The van der Waals surface area contributed by atoms with Gasteiger partial charge in [-0.05, 0) is 34.8 Å². The van der Waals surface area contributed by atoms with Crippen LogP contribution in [0, 0.1) is 11.6 Å². The van der Waals surface area contributed by atoms with E-state index in [4.69, 9.17) is 4.74 Å². The highest BCUT2D eigenvalue weighted by Gasteiger charge is 2.13. The molecule has 0 saturated heterocycles. The number of benzene rings is 1. The zero-order valence-corrected chi connectivity index (χ0v) is 12.3. The molecule has 0 aliphatic heterocycles. The summed E-state index contributed by atoms with van der Waals surface area (Å²) in [5, 5.41) is 3.41. The van der Waals surface area contributed by atoms with E-state index < -0.39 is 11.6 Å². The summed E-state index contributed by atoms with van der Waals surface area (Å²) in [4.78, 5) is 0. The van der Waals surface area contributed by atoms with Gasteiger partial charge in [0, 0.05) is 18.7 Å². The van der Waals surface area contributed by atoms with Gasteiger partial charge in [0.2, 0.25) is 0 Å². The first kappa shape index (κ1) is 14.7. The molecule has 0 spiro atoms. The molecule has 1 aromatic rings. The fourth-order valence-corrected chi connectivity index (χ4v) is 2.91. The first-order valence-corrected chi connectivity index (χ1v) is 7.47. The van der Waals surface area contributed by atoms with E-state index in [0.29, 0.717) is 23.7 Å². The smallest absolute Gasteiger partial charge is 0.169 e. The van der Waals surface area contributed by atoms with E-state index in [2.05, 4.69) is 21.2 Å². The van der Waals surface area contributed by atoms with Crippen molar-refractivity contribution in [1.29, 1.82) is 0 Å². The number of hydrogen-bond donors (Lipinski definition) is 1. The van der Waals surface area contributed by atoms with Crippen LogP contribution in [0.4, 0.5) is 8.78 Å². The summed E-state index contributed by atoms with van der Waals surface area (Å²) in [6.07, 6.45) is 6.28. The number of halogens is 3. The molecule has 19 heavy (non-hydrogen) atoms. The third-order valence-corrected chi connectivity index (χ3v) is 3.94. The van der Waals surface area contributed by atoms with E-state index in [1.807, 2.05) is 0 Å². The molecule has 0 atom stereocenters. The molecule has 0 bridgehead atoms. The van der Waals surface area contributed by atoms with Crippen molar-refractivity contribution < 1.29 is 13.5 Å². The molecule has 1 N–H and O–H groups in total. The number of ether oxygens (including phenoxy) is 1. The summed E-state index contributed by atoms with van der Waals surface area (Å²) < 4.78 is 32.1. The normalized spacial score (nSPS) is 16.6. The fraction of sp³-hybridized carbons (Fsp3) is 0.571. The van der Waals surface area contributed by atoms with Crippen molar-refractivity contribution in [3.05, 3.63) is 28.2 Å². The average Bonchev–Trinajstić information content (AvgIpc) is 2.38. The molecule has 0 amide bonds. The number of hydrogen-bond acceptors (Lipinski definition) is 2. The zero-order chi connectivity index (χ0) is 13.7. The Bertz CT molecular complexity index is 399. The van der Waals surface area contributed by atoms with Crippen LogP contribution in [0.15, 0.2) is 16.6 Å². The quantitative estimate of drug-likeness (QED) is 0.821. The van der Waals surface area contributed by atoms with Crippen LogP contribution >= 0.6 is 15.9 Å². The van der Waals surface area contributed by atoms with Gasteiger partial charge in [0.25, 0.3) is 0 Å². The van der Waals surface area contributed by atoms with E-state index in [1.165, 1.54) is 38.2 Å². The van der Waals surface area contributed by atoms with Crippen LogP contribution in [0.5, 0.6) is 5.75 Å². The summed E-state index contributed by atoms with van der Waals surface area (Å²) >= 11 is 3.10. The van der Waals surface area contributed by atoms with Gasteiger partial charge in [-0.1, -0.05) is 19.3 Å². The second kappa shape index (κ2) is 7.20. The van der Waals surface area contributed by atoms with Gasteiger partial charge < -0.3 is 10.1 Å². The maximum atomic E-state index is 13.5. The molecule has 0 radical (unpaired) electrons. The first-order chi connectivity index (χ1) is 9.16. The van der Waals surface area contributed by atoms with Gasteiger partial charge in [-0.3, -0.25) is 0 Å². The Morgan fingerprint density at radius 1 is 1.21 bits per heavy atom. The molecule has 106 valence electrons. The number of rotatable bonds is 5. The predicted molar refractivity (Wildman–Crippen MR) is 74.4 cm³/mol. The van der Waals surface area contributed by atoms with Crippen molar-refractivity contribution in [3.8, 4) is 5.75 Å². The Hall–Kier alpha value is -0.680. The molecule has 1 aliphatic carbocycles. The molecule has 1 aliphatic rings. The lowest BCUT2D eigenvalue weighted by Gasteiger charge is -2.22. The minimum Gasteiger partial charge on any atom is -0.488 e. The van der Waals surface area contributed by atoms with E-state index in [1.54, 1.807) is 0 Å². The highest BCUT2D eigenvalue weighted by molar-refractivity contribution is 9.10. The highest BCUT2D eigenvalue weighted by Crippen LogP contribution is 2.29. The second-order valence-electron chi connectivity index (χ2n) is 4.84. The van der Waals surface area contributed by atoms with Crippen LogP contribution in [0.1, 0.15) is 32.1 Å². The molecule has 1 fully saturated rings. The highest BCUT2D eigenvalue weighted by atomic mass is 79.9. The topological polar surface area (TPSA) is 21.3 Å². The van der Waals surface area contributed by atoms with Crippen molar-refractivity contribution in [3.63, 3.8) is 0 Å². The molecule has 1 aromatic carbocycles. The maximum absolute atomic E-state index is 13.5. The van der Waals surface area contributed by atoms with Gasteiger partial charge in [0.15, 0.2) is 11.6 Å². The zero-order valence-electron chi connectivity index (χ0n) is 10.7. The van der Waals surface area contributed by atoms with E-state index in [9.17, 15) is 8.78 Å². The second-order valence-corrected chi connectivity index (χ2v) is 5.69. The molecule has 2 nitrogen and oxygen atoms in total. The Labute approximate surface area is 120 Å². The van der Waals surface area contributed by atoms with Gasteiger partial charge in [0.1, 0.15) is 12.4 Å².